The number of carbonyl (C=O) groups is 2. The van der Waals surface area contributed by atoms with Crippen molar-refractivity contribution in [2.45, 2.75) is 13.8 Å². The van der Waals surface area contributed by atoms with Crippen LogP contribution >= 0.6 is 0 Å². The zero-order valence-electron chi connectivity index (χ0n) is 8.44. The van der Waals surface area contributed by atoms with Crippen LogP contribution in [0.5, 0.6) is 11.5 Å². The highest BCUT2D eigenvalue weighted by atomic mass is 16.5. The lowest BCUT2D eigenvalue weighted by atomic mass is 10.3. The molecule has 0 aliphatic carbocycles. The maximum absolute atomic E-state index is 10.7. The van der Waals surface area contributed by atoms with Gasteiger partial charge < -0.3 is 15.2 Å². The summed E-state index contributed by atoms with van der Waals surface area (Å²) in [6, 6.07) is 4.38. The molecule has 0 saturated heterocycles. The minimum atomic E-state index is -0.457. The molecule has 1 rings (SSSR count). The van der Waals surface area contributed by atoms with Crippen LogP contribution in [0.25, 0.3) is 0 Å². The summed E-state index contributed by atoms with van der Waals surface area (Å²) in [5.41, 5.74) is 5.82. The van der Waals surface area contributed by atoms with Crippen molar-refractivity contribution < 1.29 is 19.1 Å². The Morgan fingerprint density at radius 3 is 2.20 bits per heavy atom. The molecule has 0 heterocycles. The Balaban J connectivity index is 2.87. The largest absolute Gasteiger partial charge is 0.427 e. The molecule has 0 aromatic heterocycles. The minimum Gasteiger partial charge on any atom is -0.427 e. The number of hydrogen-bond acceptors (Lipinski definition) is 5. The van der Waals surface area contributed by atoms with E-state index in [1.165, 1.54) is 32.0 Å². The molecule has 0 unspecified atom stereocenters. The second-order valence-electron chi connectivity index (χ2n) is 2.89. The van der Waals surface area contributed by atoms with E-state index in [9.17, 15) is 9.59 Å². The van der Waals surface area contributed by atoms with Gasteiger partial charge in [-0.25, -0.2) is 0 Å². The third kappa shape index (κ3) is 3.30. The molecule has 0 spiro atoms. The topological polar surface area (TPSA) is 78.6 Å². The molecule has 0 amide bonds. The van der Waals surface area contributed by atoms with E-state index in [2.05, 4.69) is 0 Å². The van der Waals surface area contributed by atoms with Crippen LogP contribution in [0.3, 0.4) is 0 Å². The molecule has 0 atom stereocenters. The summed E-state index contributed by atoms with van der Waals surface area (Å²) in [6.07, 6.45) is 0. The first-order chi connectivity index (χ1) is 6.99. The molecule has 15 heavy (non-hydrogen) atoms. The van der Waals surface area contributed by atoms with Gasteiger partial charge in [0.2, 0.25) is 0 Å². The monoisotopic (exact) mass is 209 g/mol. The van der Waals surface area contributed by atoms with E-state index in [4.69, 9.17) is 15.2 Å². The Bertz CT molecular complexity index is 400. The molecule has 2 N–H and O–H groups in total. The first kappa shape index (κ1) is 11.0. The van der Waals surface area contributed by atoms with E-state index >= 15 is 0 Å². The number of ether oxygens (including phenoxy) is 2. The van der Waals surface area contributed by atoms with E-state index in [0.717, 1.165) is 0 Å². The van der Waals surface area contributed by atoms with Gasteiger partial charge in [-0.05, 0) is 12.1 Å². The van der Waals surface area contributed by atoms with Gasteiger partial charge in [0.25, 0.3) is 0 Å². The first-order valence-corrected chi connectivity index (χ1v) is 4.25. The van der Waals surface area contributed by atoms with Crippen LogP contribution in [0.1, 0.15) is 13.8 Å². The number of hydrogen-bond donors (Lipinski definition) is 1. The van der Waals surface area contributed by atoms with Gasteiger partial charge in [-0.3, -0.25) is 9.59 Å². The fraction of sp³-hybridized carbons (Fsp3) is 0.200. The number of nitrogens with two attached hydrogens (primary N) is 1. The molecule has 0 fully saturated rings. The highest BCUT2D eigenvalue weighted by Gasteiger charge is 2.06. The van der Waals surface area contributed by atoms with Crippen molar-refractivity contribution >= 4 is 17.6 Å². The van der Waals surface area contributed by atoms with Gasteiger partial charge in [0, 0.05) is 19.9 Å². The molecule has 1 aromatic carbocycles. The maximum Gasteiger partial charge on any atom is 0.308 e. The van der Waals surface area contributed by atoms with E-state index < -0.39 is 11.9 Å². The van der Waals surface area contributed by atoms with Gasteiger partial charge in [0.05, 0.1) is 5.69 Å². The van der Waals surface area contributed by atoms with Gasteiger partial charge in [-0.2, -0.15) is 0 Å². The summed E-state index contributed by atoms with van der Waals surface area (Å²) in [5.74, 6) is -0.328. The van der Waals surface area contributed by atoms with Crippen LogP contribution in [0, 0.1) is 0 Å². The molecular weight excluding hydrogens is 198 g/mol. The van der Waals surface area contributed by atoms with Gasteiger partial charge in [0.1, 0.15) is 5.75 Å². The Labute approximate surface area is 86.8 Å². The molecular formula is C10H11NO4. The number of benzene rings is 1. The minimum absolute atomic E-state index is 0.240. The van der Waals surface area contributed by atoms with Crippen molar-refractivity contribution in [1.29, 1.82) is 0 Å². The lowest BCUT2D eigenvalue weighted by Gasteiger charge is -2.07. The summed E-state index contributed by atoms with van der Waals surface area (Å²) in [6.45, 7) is 2.57. The molecule has 0 bridgehead atoms. The number of carbonyl (C=O) groups excluding carboxylic acids is 2. The lowest BCUT2D eigenvalue weighted by molar-refractivity contribution is -0.133. The second-order valence-corrected chi connectivity index (χ2v) is 2.89. The lowest BCUT2D eigenvalue weighted by Crippen LogP contribution is -2.05. The number of anilines is 1. The third-order valence-corrected chi connectivity index (χ3v) is 1.50. The molecule has 0 radical (unpaired) electrons. The number of rotatable bonds is 2. The highest BCUT2D eigenvalue weighted by molar-refractivity contribution is 5.73. The van der Waals surface area contributed by atoms with E-state index in [1.54, 1.807) is 0 Å². The van der Waals surface area contributed by atoms with E-state index in [-0.39, 0.29) is 11.4 Å². The van der Waals surface area contributed by atoms with Crippen molar-refractivity contribution in [1.82, 2.24) is 0 Å². The van der Waals surface area contributed by atoms with Crippen LogP contribution in [0.4, 0.5) is 5.69 Å². The SMILES string of the molecule is CC(=O)Oc1ccc(OC(C)=O)c(N)c1. The molecule has 0 aliphatic heterocycles. The molecule has 0 saturated carbocycles. The first-order valence-electron chi connectivity index (χ1n) is 4.25. The van der Waals surface area contributed by atoms with Crippen LogP contribution < -0.4 is 15.2 Å². The Hall–Kier alpha value is -2.04. The summed E-state index contributed by atoms with van der Waals surface area (Å²) >= 11 is 0. The van der Waals surface area contributed by atoms with Crippen molar-refractivity contribution in [3.8, 4) is 11.5 Å². The van der Waals surface area contributed by atoms with Gasteiger partial charge >= 0.3 is 11.9 Å². The predicted octanol–water partition coefficient (Wildman–Crippen LogP) is 1.12. The van der Waals surface area contributed by atoms with Crippen LogP contribution in [-0.2, 0) is 9.59 Å². The van der Waals surface area contributed by atoms with Gasteiger partial charge in [0.15, 0.2) is 5.75 Å². The van der Waals surface area contributed by atoms with E-state index in [1.807, 2.05) is 0 Å². The Morgan fingerprint density at radius 1 is 1.13 bits per heavy atom. The second kappa shape index (κ2) is 4.45. The smallest absolute Gasteiger partial charge is 0.308 e. The normalized spacial score (nSPS) is 9.47. The Morgan fingerprint density at radius 2 is 1.73 bits per heavy atom. The summed E-state index contributed by atoms with van der Waals surface area (Å²) in [7, 11) is 0. The van der Waals surface area contributed by atoms with Gasteiger partial charge in [-0.15, -0.1) is 0 Å². The highest BCUT2D eigenvalue weighted by Crippen LogP contribution is 2.26. The average Bonchev–Trinajstić information content (AvgIpc) is 2.08. The summed E-state index contributed by atoms with van der Waals surface area (Å²) < 4.78 is 9.60. The third-order valence-electron chi connectivity index (χ3n) is 1.50. The van der Waals surface area contributed by atoms with Crippen LogP contribution in [0.15, 0.2) is 18.2 Å². The quantitative estimate of drug-likeness (QED) is 0.448. The van der Waals surface area contributed by atoms with Crippen LogP contribution in [-0.4, -0.2) is 11.9 Å². The molecule has 1 aromatic rings. The summed E-state index contributed by atoms with van der Waals surface area (Å²) in [5, 5.41) is 0. The van der Waals surface area contributed by atoms with Crippen molar-refractivity contribution in [3.05, 3.63) is 18.2 Å². The number of nitrogen functional groups attached to an aromatic ring is 1. The van der Waals surface area contributed by atoms with E-state index in [0.29, 0.717) is 5.75 Å². The summed E-state index contributed by atoms with van der Waals surface area (Å²) in [4.78, 5) is 21.3. The fourth-order valence-corrected chi connectivity index (χ4v) is 1.00. The van der Waals surface area contributed by atoms with Crippen molar-refractivity contribution in [2.75, 3.05) is 5.73 Å². The molecule has 0 aliphatic rings. The predicted molar refractivity (Wildman–Crippen MR) is 53.5 cm³/mol. The van der Waals surface area contributed by atoms with Crippen molar-refractivity contribution in [3.63, 3.8) is 0 Å². The van der Waals surface area contributed by atoms with Crippen molar-refractivity contribution in [2.24, 2.45) is 0 Å². The van der Waals surface area contributed by atoms with Gasteiger partial charge in [-0.1, -0.05) is 0 Å². The zero-order chi connectivity index (χ0) is 11.4. The maximum atomic E-state index is 10.7. The molecule has 5 nitrogen and oxygen atoms in total. The fourth-order valence-electron chi connectivity index (χ4n) is 1.00. The van der Waals surface area contributed by atoms with Crippen LogP contribution in [0.2, 0.25) is 0 Å². The molecule has 5 heteroatoms. The zero-order valence-corrected chi connectivity index (χ0v) is 8.44. The Kier molecular flexibility index (Phi) is 3.28. The standard InChI is InChI=1S/C10H11NO4/c1-6(12)14-8-3-4-10(9(11)5-8)15-7(2)13/h3-5H,11H2,1-2H3. The molecule has 80 valence electrons. The average molecular weight is 209 g/mol. The number of esters is 2.